The van der Waals surface area contributed by atoms with Crippen LogP contribution in [0.4, 0.5) is 0 Å². The summed E-state index contributed by atoms with van der Waals surface area (Å²) in [6.45, 7) is 7.00. The molecular formula is C14H27N3O. The summed E-state index contributed by atoms with van der Waals surface area (Å²) in [4.78, 5) is 6.66. The summed E-state index contributed by atoms with van der Waals surface area (Å²) in [6.07, 6.45) is 6.18. The van der Waals surface area contributed by atoms with Crippen molar-refractivity contribution in [2.45, 2.75) is 39.0 Å². The molecule has 2 N–H and O–H groups in total. The van der Waals surface area contributed by atoms with E-state index in [1.165, 1.54) is 25.7 Å². The first-order valence-electron chi connectivity index (χ1n) is 7.38. The molecule has 2 rings (SSSR count). The van der Waals surface area contributed by atoms with Crippen molar-refractivity contribution in [1.29, 1.82) is 0 Å². The third kappa shape index (κ3) is 4.84. The largest absolute Gasteiger partial charge is 0.381 e. The van der Waals surface area contributed by atoms with Crippen LogP contribution in [-0.2, 0) is 4.74 Å². The van der Waals surface area contributed by atoms with E-state index < -0.39 is 0 Å². The molecule has 0 radical (unpaired) electrons. The van der Waals surface area contributed by atoms with E-state index in [1.54, 1.807) is 0 Å². The minimum Gasteiger partial charge on any atom is -0.381 e. The summed E-state index contributed by atoms with van der Waals surface area (Å²) >= 11 is 0. The second-order valence-corrected chi connectivity index (χ2v) is 5.78. The number of piperidine rings is 1. The van der Waals surface area contributed by atoms with Gasteiger partial charge in [0, 0.05) is 32.8 Å². The highest BCUT2D eigenvalue weighted by atomic mass is 16.5. The highest BCUT2D eigenvalue weighted by Crippen LogP contribution is 2.28. The number of ether oxygens (including phenoxy) is 1. The topological polar surface area (TPSA) is 50.8 Å². The number of hydrogen-bond donors (Lipinski definition) is 1. The molecule has 0 aromatic rings. The van der Waals surface area contributed by atoms with Crippen molar-refractivity contribution in [3.05, 3.63) is 0 Å². The third-order valence-corrected chi connectivity index (χ3v) is 3.88. The van der Waals surface area contributed by atoms with Gasteiger partial charge in [-0.25, -0.2) is 0 Å². The lowest BCUT2D eigenvalue weighted by atomic mass is 10.00. The van der Waals surface area contributed by atoms with Crippen LogP contribution < -0.4 is 5.73 Å². The molecule has 1 saturated heterocycles. The van der Waals surface area contributed by atoms with Crippen LogP contribution in [0.3, 0.4) is 0 Å². The molecular weight excluding hydrogens is 226 g/mol. The van der Waals surface area contributed by atoms with Crippen LogP contribution in [0.2, 0.25) is 0 Å². The fourth-order valence-electron chi connectivity index (χ4n) is 2.23. The van der Waals surface area contributed by atoms with E-state index in [1.807, 2.05) is 0 Å². The molecule has 0 amide bonds. The Hall–Kier alpha value is -0.770. The number of guanidine groups is 1. The van der Waals surface area contributed by atoms with Gasteiger partial charge in [-0.3, -0.25) is 4.99 Å². The van der Waals surface area contributed by atoms with Crippen molar-refractivity contribution in [2.24, 2.45) is 22.6 Å². The molecule has 0 bridgehead atoms. The van der Waals surface area contributed by atoms with E-state index in [4.69, 9.17) is 10.5 Å². The minimum atomic E-state index is 0.726. The summed E-state index contributed by atoms with van der Waals surface area (Å²) in [6, 6.07) is 0. The van der Waals surface area contributed by atoms with Gasteiger partial charge >= 0.3 is 0 Å². The zero-order valence-corrected chi connectivity index (χ0v) is 11.6. The summed E-state index contributed by atoms with van der Waals surface area (Å²) in [5, 5.41) is 0. The van der Waals surface area contributed by atoms with Crippen molar-refractivity contribution >= 4 is 5.96 Å². The molecule has 104 valence electrons. The van der Waals surface area contributed by atoms with Crippen molar-refractivity contribution in [1.82, 2.24) is 4.90 Å². The van der Waals surface area contributed by atoms with Gasteiger partial charge in [0.15, 0.2) is 5.96 Å². The Morgan fingerprint density at radius 3 is 2.67 bits per heavy atom. The smallest absolute Gasteiger partial charge is 0.191 e. The Kier molecular flexibility index (Phi) is 5.29. The van der Waals surface area contributed by atoms with Gasteiger partial charge in [-0.15, -0.1) is 0 Å². The van der Waals surface area contributed by atoms with Crippen LogP contribution in [0.5, 0.6) is 0 Å². The van der Waals surface area contributed by atoms with Crippen LogP contribution >= 0.6 is 0 Å². The van der Waals surface area contributed by atoms with Crippen LogP contribution in [0, 0.1) is 11.8 Å². The van der Waals surface area contributed by atoms with E-state index in [0.29, 0.717) is 0 Å². The fraction of sp³-hybridized carbons (Fsp3) is 0.929. The minimum absolute atomic E-state index is 0.726. The Morgan fingerprint density at radius 2 is 2.00 bits per heavy atom. The van der Waals surface area contributed by atoms with E-state index >= 15 is 0 Å². The maximum atomic E-state index is 6.00. The van der Waals surface area contributed by atoms with E-state index in [-0.39, 0.29) is 0 Å². The molecule has 0 aromatic carbocycles. The number of hydrogen-bond acceptors (Lipinski definition) is 2. The number of nitrogens with two attached hydrogens (primary N) is 1. The molecule has 1 saturated carbocycles. The zero-order valence-electron chi connectivity index (χ0n) is 11.6. The molecule has 0 unspecified atom stereocenters. The lowest BCUT2D eigenvalue weighted by molar-refractivity contribution is 0.123. The van der Waals surface area contributed by atoms with Crippen molar-refractivity contribution in [3.63, 3.8) is 0 Å². The van der Waals surface area contributed by atoms with Crippen molar-refractivity contribution in [3.8, 4) is 0 Å². The first-order chi connectivity index (χ1) is 8.75. The SMILES string of the molecule is CC1CCN(C(N)=NCCCOCC2CC2)CC1. The number of likely N-dealkylation sites (tertiary alicyclic amines) is 1. The molecule has 0 aromatic heterocycles. The van der Waals surface area contributed by atoms with Crippen LogP contribution in [-0.4, -0.2) is 43.7 Å². The Balaban J connectivity index is 1.53. The summed E-state index contributed by atoms with van der Waals surface area (Å²) < 4.78 is 5.58. The predicted octanol–water partition coefficient (Wildman–Crippen LogP) is 1.85. The molecule has 2 aliphatic rings. The monoisotopic (exact) mass is 253 g/mol. The number of nitrogens with zero attached hydrogens (tertiary/aromatic N) is 2. The maximum Gasteiger partial charge on any atom is 0.191 e. The third-order valence-electron chi connectivity index (χ3n) is 3.88. The molecule has 1 aliphatic heterocycles. The predicted molar refractivity (Wildman–Crippen MR) is 74.6 cm³/mol. The molecule has 0 atom stereocenters. The molecule has 4 heteroatoms. The van der Waals surface area contributed by atoms with Crippen molar-refractivity contribution in [2.75, 3.05) is 32.8 Å². The van der Waals surface area contributed by atoms with Gasteiger partial charge in [0.1, 0.15) is 0 Å². The number of rotatable bonds is 6. The lowest BCUT2D eigenvalue weighted by Gasteiger charge is -2.31. The fourth-order valence-corrected chi connectivity index (χ4v) is 2.23. The first-order valence-corrected chi connectivity index (χ1v) is 7.38. The van der Waals surface area contributed by atoms with Crippen molar-refractivity contribution < 1.29 is 4.74 Å². The van der Waals surface area contributed by atoms with Gasteiger partial charge in [-0.2, -0.15) is 0 Å². The maximum absolute atomic E-state index is 6.00. The number of aliphatic imine (C=N–C) groups is 1. The van der Waals surface area contributed by atoms with Gasteiger partial charge in [0.25, 0.3) is 0 Å². The molecule has 1 heterocycles. The standard InChI is InChI=1S/C14H27N3O/c1-12-5-8-17(9-6-12)14(15)16-7-2-10-18-11-13-3-4-13/h12-13H,2-11H2,1H3,(H2,15,16). The second kappa shape index (κ2) is 6.98. The van der Waals surface area contributed by atoms with Gasteiger partial charge in [-0.1, -0.05) is 6.92 Å². The van der Waals surface area contributed by atoms with Gasteiger partial charge in [-0.05, 0) is 43.9 Å². The van der Waals surface area contributed by atoms with E-state index in [9.17, 15) is 0 Å². The Labute approximate surface area is 111 Å². The average Bonchev–Trinajstić information content (AvgIpc) is 3.18. The van der Waals surface area contributed by atoms with Gasteiger partial charge in [0.05, 0.1) is 0 Å². The zero-order chi connectivity index (χ0) is 12.8. The molecule has 2 fully saturated rings. The van der Waals surface area contributed by atoms with E-state index in [0.717, 1.165) is 57.1 Å². The second-order valence-electron chi connectivity index (χ2n) is 5.78. The van der Waals surface area contributed by atoms with Gasteiger partial charge in [0.2, 0.25) is 0 Å². The lowest BCUT2D eigenvalue weighted by Crippen LogP contribution is -2.42. The van der Waals surface area contributed by atoms with Crippen LogP contribution in [0.25, 0.3) is 0 Å². The summed E-state index contributed by atoms with van der Waals surface area (Å²) in [7, 11) is 0. The molecule has 1 aliphatic carbocycles. The highest BCUT2D eigenvalue weighted by molar-refractivity contribution is 5.78. The van der Waals surface area contributed by atoms with Crippen LogP contribution in [0.1, 0.15) is 39.0 Å². The highest BCUT2D eigenvalue weighted by Gasteiger charge is 2.20. The first kappa shape index (κ1) is 13.7. The Bertz CT molecular complexity index is 268. The van der Waals surface area contributed by atoms with Gasteiger partial charge < -0.3 is 15.4 Å². The summed E-state index contributed by atoms with van der Waals surface area (Å²) in [5.74, 6) is 2.42. The summed E-state index contributed by atoms with van der Waals surface area (Å²) in [5.41, 5.74) is 6.00. The van der Waals surface area contributed by atoms with Crippen LogP contribution in [0.15, 0.2) is 4.99 Å². The quantitative estimate of drug-likeness (QED) is 0.446. The Morgan fingerprint density at radius 1 is 1.28 bits per heavy atom. The van der Waals surface area contributed by atoms with E-state index in [2.05, 4.69) is 16.8 Å². The molecule has 0 spiro atoms. The average molecular weight is 253 g/mol. The normalized spacial score (nSPS) is 22.5. The molecule has 4 nitrogen and oxygen atoms in total. The molecule has 18 heavy (non-hydrogen) atoms.